The third-order valence-electron chi connectivity index (χ3n) is 10.0. The van der Waals surface area contributed by atoms with Gasteiger partial charge in [0.1, 0.15) is 5.75 Å². The summed E-state index contributed by atoms with van der Waals surface area (Å²) in [6, 6.07) is 14.5. The summed E-state index contributed by atoms with van der Waals surface area (Å²) in [6.07, 6.45) is 2.32. The predicted molar refractivity (Wildman–Crippen MR) is 204 cm³/mol. The molecular formula is C45H66O2. The fraction of sp³-hybridized carbons (Fsp3) is 0.600. The minimum atomic E-state index is -0.358. The summed E-state index contributed by atoms with van der Waals surface area (Å²) in [5, 5.41) is 0. The molecule has 2 nitrogen and oxygen atoms in total. The van der Waals surface area contributed by atoms with Crippen LogP contribution in [0.4, 0.5) is 0 Å². The van der Waals surface area contributed by atoms with Crippen molar-refractivity contribution >= 4 is 0 Å². The minimum Gasteiger partial charge on any atom is -0.464 e. The van der Waals surface area contributed by atoms with E-state index in [1.54, 1.807) is 0 Å². The first-order valence-corrected chi connectivity index (χ1v) is 18.0. The largest absolute Gasteiger partial charge is 0.464 e. The van der Waals surface area contributed by atoms with E-state index in [9.17, 15) is 0 Å². The molecule has 0 saturated heterocycles. The average Bonchev–Trinajstić information content (AvgIpc) is 3.05. The summed E-state index contributed by atoms with van der Waals surface area (Å²) in [4.78, 5) is 0. The molecular weight excluding hydrogens is 572 g/mol. The van der Waals surface area contributed by atoms with Crippen molar-refractivity contribution in [3.05, 3.63) is 86.5 Å². The molecule has 0 bridgehead atoms. The molecule has 0 spiro atoms. The van der Waals surface area contributed by atoms with E-state index in [2.05, 4.69) is 154 Å². The molecule has 3 aromatic carbocycles. The van der Waals surface area contributed by atoms with E-state index in [0.717, 1.165) is 25.0 Å². The summed E-state index contributed by atoms with van der Waals surface area (Å²) in [7, 11) is 0. The zero-order valence-corrected chi connectivity index (χ0v) is 33.2. The summed E-state index contributed by atoms with van der Waals surface area (Å²) in [5.41, 5.74) is 14.9. The molecule has 1 unspecified atom stereocenters. The number of hydrogen-bond donors (Lipinski definition) is 0. The predicted octanol–water partition coefficient (Wildman–Crippen LogP) is 12.4. The van der Waals surface area contributed by atoms with Gasteiger partial charge in [-0.3, -0.25) is 0 Å². The number of fused-ring (bicyclic) bond motifs is 3. The van der Waals surface area contributed by atoms with Gasteiger partial charge in [-0.25, -0.2) is 0 Å². The second kappa shape index (κ2) is 12.7. The van der Waals surface area contributed by atoms with Gasteiger partial charge >= 0.3 is 0 Å². The van der Waals surface area contributed by atoms with Crippen LogP contribution in [0.15, 0.2) is 36.4 Å². The molecule has 3 aromatic rings. The number of aryl methyl sites for hydroxylation is 2. The Labute approximate surface area is 289 Å². The molecule has 0 radical (unpaired) electrons. The van der Waals surface area contributed by atoms with Gasteiger partial charge in [-0.2, -0.15) is 0 Å². The molecule has 0 N–H and O–H groups in total. The van der Waals surface area contributed by atoms with Gasteiger partial charge in [0.15, 0.2) is 0 Å². The Morgan fingerprint density at radius 1 is 0.596 bits per heavy atom. The molecule has 1 atom stereocenters. The monoisotopic (exact) mass is 639 g/mol. The Morgan fingerprint density at radius 3 is 1.62 bits per heavy atom. The first-order valence-electron chi connectivity index (χ1n) is 18.0. The molecule has 0 saturated carbocycles. The summed E-state index contributed by atoms with van der Waals surface area (Å²) < 4.78 is 13.8. The van der Waals surface area contributed by atoms with Gasteiger partial charge in [0.2, 0.25) is 6.29 Å². The van der Waals surface area contributed by atoms with Gasteiger partial charge in [0.25, 0.3) is 0 Å². The Kier molecular flexibility index (Phi) is 10.1. The van der Waals surface area contributed by atoms with Crippen LogP contribution in [0.2, 0.25) is 0 Å². The van der Waals surface area contributed by atoms with Gasteiger partial charge in [-0.05, 0) is 110 Å². The van der Waals surface area contributed by atoms with Crippen LogP contribution in [0, 0.1) is 13.8 Å². The van der Waals surface area contributed by atoms with E-state index >= 15 is 0 Å². The SMILES string of the molecule is Cc1cc(CCCOC2Cc3c(cc(C(C)(C)C)cc3C(C)(C)C)-c3cc(C(C)(C)C)cc(C(C)(C)C)c3O2)cc(C(C)(C)C)c1C. The molecule has 1 aliphatic rings. The van der Waals surface area contributed by atoms with Gasteiger partial charge in [0.05, 0.1) is 6.61 Å². The van der Waals surface area contributed by atoms with E-state index < -0.39 is 0 Å². The maximum atomic E-state index is 7.09. The first kappa shape index (κ1) is 37.2. The highest BCUT2D eigenvalue weighted by molar-refractivity contribution is 5.79. The lowest BCUT2D eigenvalue weighted by molar-refractivity contribution is -0.0791. The molecule has 258 valence electrons. The highest BCUT2D eigenvalue weighted by atomic mass is 16.7. The van der Waals surface area contributed by atoms with Crippen molar-refractivity contribution in [1.29, 1.82) is 0 Å². The quantitative estimate of drug-likeness (QED) is 0.259. The Hall–Kier alpha value is -2.58. The summed E-state index contributed by atoms with van der Waals surface area (Å²) >= 11 is 0. The fourth-order valence-corrected chi connectivity index (χ4v) is 6.96. The number of benzene rings is 3. The molecule has 0 aromatic heterocycles. The van der Waals surface area contributed by atoms with Gasteiger partial charge in [-0.15, -0.1) is 0 Å². The zero-order valence-electron chi connectivity index (χ0n) is 33.2. The van der Waals surface area contributed by atoms with Crippen molar-refractivity contribution < 1.29 is 9.47 Å². The first-order chi connectivity index (χ1) is 21.3. The van der Waals surface area contributed by atoms with E-state index in [1.165, 1.54) is 61.2 Å². The van der Waals surface area contributed by atoms with Crippen molar-refractivity contribution in [2.45, 2.75) is 170 Å². The lowest BCUT2D eigenvalue weighted by atomic mass is 9.73. The maximum Gasteiger partial charge on any atom is 0.203 e. The third kappa shape index (κ3) is 8.36. The van der Waals surface area contributed by atoms with Crippen molar-refractivity contribution in [3.8, 4) is 16.9 Å². The van der Waals surface area contributed by atoms with Crippen molar-refractivity contribution in [2.75, 3.05) is 6.61 Å². The second-order valence-electron chi connectivity index (χ2n) is 19.5. The van der Waals surface area contributed by atoms with Crippen LogP contribution in [0.25, 0.3) is 11.1 Å². The lowest BCUT2D eigenvalue weighted by Crippen LogP contribution is -2.27. The van der Waals surface area contributed by atoms with Crippen LogP contribution in [0.1, 0.15) is 160 Å². The number of rotatable bonds is 5. The van der Waals surface area contributed by atoms with Crippen LogP contribution < -0.4 is 4.74 Å². The average molecular weight is 639 g/mol. The second-order valence-corrected chi connectivity index (χ2v) is 19.5. The summed E-state index contributed by atoms with van der Waals surface area (Å²) in [6.45, 7) is 40.0. The normalized spacial score (nSPS) is 16.0. The molecule has 1 aliphatic heterocycles. The van der Waals surface area contributed by atoms with Crippen LogP contribution >= 0.6 is 0 Å². The van der Waals surface area contributed by atoms with Crippen molar-refractivity contribution in [3.63, 3.8) is 0 Å². The molecule has 4 rings (SSSR count). The molecule has 2 heteroatoms. The van der Waals surface area contributed by atoms with Crippen molar-refractivity contribution in [1.82, 2.24) is 0 Å². The maximum absolute atomic E-state index is 7.09. The molecule has 0 amide bonds. The molecule has 0 fully saturated rings. The van der Waals surface area contributed by atoms with E-state index in [4.69, 9.17) is 9.47 Å². The van der Waals surface area contributed by atoms with E-state index in [1.807, 2.05) is 0 Å². The number of ether oxygens (including phenoxy) is 2. The van der Waals surface area contributed by atoms with Gasteiger partial charge in [-0.1, -0.05) is 134 Å². The Bertz CT molecular complexity index is 1520. The van der Waals surface area contributed by atoms with E-state index in [-0.39, 0.29) is 33.4 Å². The summed E-state index contributed by atoms with van der Waals surface area (Å²) in [5.74, 6) is 0.990. The van der Waals surface area contributed by atoms with Crippen molar-refractivity contribution in [2.24, 2.45) is 0 Å². The van der Waals surface area contributed by atoms with Crippen LogP contribution in [0.3, 0.4) is 0 Å². The molecule has 47 heavy (non-hydrogen) atoms. The highest BCUT2D eigenvalue weighted by Gasteiger charge is 2.35. The highest BCUT2D eigenvalue weighted by Crippen LogP contribution is 2.49. The smallest absolute Gasteiger partial charge is 0.203 e. The lowest BCUT2D eigenvalue weighted by Gasteiger charge is -2.31. The zero-order chi connectivity index (χ0) is 35.5. The molecule has 1 heterocycles. The standard InChI is InChI=1S/C45H66O2/c1-28-21-30(22-36(29(28)2)43(9,10)11)19-18-20-46-39-27-34-33(23-31(41(3,4)5)25-37(34)44(12,13)14)35-24-32(42(6,7)8)26-38(40(35)47-39)45(15,16)17/h21-26,39H,18-20,27H2,1-17H3. The van der Waals surface area contributed by atoms with Crippen LogP contribution in [-0.2, 0) is 44.7 Å². The topological polar surface area (TPSA) is 18.5 Å². The fourth-order valence-electron chi connectivity index (χ4n) is 6.96. The minimum absolute atomic E-state index is 0.00703. The number of hydrogen-bond acceptors (Lipinski definition) is 2. The molecule has 0 aliphatic carbocycles. The van der Waals surface area contributed by atoms with E-state index in [0.29, 0.717) is 6.61 Å². The van der Waals surface area contributed by atoms with Gasteiger partial charge in [0, 0.05) is 17.5 Å². The van der Waals surface area contributed by atoms with Gasteiger partial charge < -0.3 is 9.47 Å². The van der Waals surface area contributed by atoms with Crippen LogP contribution in [-0.4, -0.2) is 12.9 Å². The Morgan fingerprint density at radius 2 is 1.11 bits per heavy atom. The van der Waals surface area contributed by atoms with Crippen LogP contribution in [0.5, 0.6) is 5.75 Å². The Balaban J connectivity index is 1.81. The third-order valence-corrected chi connectivity index (χ3v) is 10.0.